The minimum absolute atomic E-state index is 0.0664. The Labute approximate surface area is 215 Å². The van der Waals surface area contributed by atoms with Crippen molar-refractivity contribution in [1.82, 2.24) is 20.3 Å². The zero-order valence-electron chi connectivity index (χ0n) is 18.8. The van der Waals surface area contributed by atoms with Gasteiger partial charge in [-0.2, -0.15) is 0 Å². The maximum Gasteiger partial charge on any atom is 0.255 e. The van der Waals surface area contributed by atoms with Crippen LogP contribution in [0.1, 0.15) is 27.9 Å². The number of hydrogen-bond acceptors (Lipinski definition) is 6. The van der Waals surface area contributed by atoms with Gasteiger partial charge in [-0.25, -0.2) is 23.7 Å². The third-order valence-electron chi connectivity index (χ3n) is 5.72. The number of amides is 1. The second-order valence-corrected chi connectivity index (χ2v) is 9.85. The maximum atomic E-state index is 13.4. The quantitative estimate of drug-likeness (QED) is 0.296. The van der Waals surface area contributed by atoms with E-state index in [1.54, 1.807) is 30.1 Å². The van der Waals surface area contributed by atoms with Crippen molar-refractivity contribution in [2.75, 3.05) is 11.9 Å². The predicted molar refractivity (Wildman–Crippen MR) is 139 cm³/mol. The van der Waals surface area contributed by atoms with Crippen molar-refractivity contribution in [3.8, 4) is 0 Å². The number of carbonyl (C=O) groups is 1. The van der Waals surface area contributed by atoms with E-state index in [1.807, 2.05) is 18.2 Å². The number of pyridine rings is 1. The summed E-state index contributed by atoms with van der Waals surface area (Å²) in [5.41, 5.74) is 2.69. The molecule has 0 radical (unpaired) electrons. The van der Waals surface area contributed by atoms with Crippen molar-refractivity contribution in [2.45, 2.75) is 18.2 Å². The SMILES string of the molecule is O=C(NCc1ccc(F)c(F)c1)c1cccnc1NCC1CC=C(c2ccc3ncnc(Cl)c3c2)S1. The van der Waals surface area contributed by atoms with E-state index in [9.17, 15) is 13.6 Å². The molecular formula is C26H20ClF2N5OS. The molecule has 6 nitrogen and oxygen atoms in total. The largest absolute Gasteiger partial charge is 0.368 e. The molecule has 1 aliphatic rings. The first-order chi connectivity index (χ1) is 17.5. The fourth-order valence-electron chi connectivity index (χ4n) is 3.87. The van der Waals surface area contributed by atoms with Crippen LogP contribution in [0.15, 0.2) is 67.1 Å². The standard InChI is InChI=1S/C26H20ClF2N5OS/c27-24-19-11-16(4-7-22(19)33-14-34-24)23-8-5-17(36-23)13-31-25-18(2-1-9-30-25)26(35)32-12-15-3-6-20(28)21(29)10-15/h1-4,6-11,14,17H,5,12-13H2,(H,30,31)(H,32,35). The summed E-state index contributed by atoms with van der Waals surface area (Å²) in [7, 11) is 0. The molecule has 182 valence electrons. The molecule has 2 aromatic carbocycles. The topological polar surface area (TPSA) is 79.8 Å². The van der Waals surface area contributed by atoms with Crippen molar-refractivity contribution >= 4 is 50.9 Å². The summed E-state index contributed by atoms with van der Waals surface area (Å²) in [5.74, 6) is -1.77. The van der Waals surface area contributed by atoms with Crippen LogP contribution in [0.25, 0.3) is 15.8 Å². The van der Waals surface area contributed by atoms with Gasteiger partial charge in [-0.05, 0) is 53.9 Å². The highest BCUT2D eigenvalue weighted by molar-refractivity contribution is 8.09. The fourth-order valence-corrected chi connectivity index (χ4v) is 5.24. The second kappa shape index (κ2) is 10.6. The third kappa shape index (κ3) is 5.32. The van der Waals surface area contributed by atoms with Gasteiger partial charge in [0.1, 0.15) is 17.3 Å². The van der Waals surface area contributed by atoms with Crippen LogP contribution in [-0.4, -0.2) is 32.7 Å². The minimum atomic E-state index is -0.951. The Balaban J connectivity index is 1.20. The van der Waals surface area contributed by atoms with Gasteiger partial charge < -0.3 is 10.6 Å². The Bertz CT molecular complexity index is 1480. The number of hydrogen-bond donors (Lipinski definition) is 2. The first-order valence-electron chi connectivity index (χ1n) is 11.2. The molecule has 0 fully saturated rings. The molecule has 2 N–H and O–H groups in total. The number of thioether (sulfide) groups is 1. The van der Waals surface area contributed by atoms with Crippen LogP contribution < -0.4 is 10.6 Å². The Morgan fingerprint density at radius 3 is 2.83 bits per heavy atom. The number of anilines is 1. The average Bonchev–Trinajstić information content (AvgIpc) is 3.37. The van der Waals surface area contributed by atoms with E-state index >= 15 is 0 Å². The maximum absolute atomic E-state index is 13.4. The lowest BCUT2D eigenvalue weighted by Crippen LogP contribution is -2.25. The zero-order chi connectivity index (χ0) is 25.1. The van der Waals surface area contributed by atoms with Gasteiger partial charge in [-0.15, -0.1) is 11.8 Å². The number of nitrogens with one attached hydrogen (secondary N) is 2. The molecule has 5 rings (SSSR count). The molecule has 2 aromatic heterocycles. The van der Waals surface area contributed by atoms with Crippen molar-refractivity contribution in [2.24, 2.45) is 0 Å². The molecule has 0 spiro atoms. The monoisotopic (exact) mass is 523 g/mol. The van der Waals surface area contributed by atoms with E-state index in [-0.39, 0.29) is 17.7 Å². The fraction of sp³-hybridized carbons (Fsp3) is 0.154. The summed E-state index contributed by atoms with van der Waals surface area (Å²) in [6, 6.07) is 12.8. The summed E-state index contributed by atoms with van der Waals surface area (Å²) in [4.78, 5) is 26.5. The van der Waals surface area contributed by atoms with Gasteiger partial charge in [-0.1, -0.05) is 29.8 Å². The van der Waals surface area contributed by atoms with Crippen molar-refractivity contribution in [1.29, 1.82) is 0 Å². The zero-order valence-corrected chi connectivity index (χ0v) is 20.4. The van der Waals surface area contributed by atoms with Crippen LogP contribution in [0.3, 0.4) is 0 Å². The predicted octanol–water partition coefficient (Wildman–Crippen LogP) is 5.84. The summed E-state index contributed by atoms with van der Waals surface area (Å²) in [6.07, 6.45) is 6.10. The van der Waals surface area contributed by atoms with Gasteiger partial charge in [0, 0.05) is 34.8 Å². The molecule has 1 aliphatic heterocycles. The van der Waals surface area contributed by atoms with E-state index < -0.39 is 11.6 Å². The van der Waals surface area contributed by atoms with Crippen LogP contribution in [0.5, 0.6) is 0 Å². The number of fused-ring (bicyclic) bond motifs is 1. The van der Waals surface area contributed by atoms with Gasteiger partial charge >= 0.3 is 0 Å². The Hall–Kier alpha value is -3.56. The number of carbonyl (C=O) groups excluding carboxylic acids is 1. The lowest BCUT2D eigenvalue weighted by Gasteiger charge is -2.15. The summed E-state index contributed by atoms with van der Waals surface area (Å²) in [5, 5.41) is 7.50. The number of aromatic nitrogens is 3. The van der Waals surface area contributed by atoms with E-state index in [2.05, 4.69) is 31.7 Å². The Kier molecular flexibility index (Phi) is 7.11. The highest BCUT2D eigenvalue weighted by Crippen LogP contribution is 2.40. The van der Waals surface area contributed by atoms with Crippen molar-refractivity contribution in [3.63, 3.8) is 0 Å². The molecule has 0 aliphatic carbocycles. The molecule has 3 heterocycles. The average molecular weight is 524 g/mol. The molecule has 1 unspecified atom stereocenters. The first kappa shape index (κ1) is 24.1. The molecule has 1 atom stereocenters. The molecule has 0 saturated heterocycles. The minimum Gasteiger partial charge on any atom is -0.368 e. The summed E-state index contributed by atoms with van der Waals surface area (Å²) in [6.45, 7) is 0.666. The van der Waals surface area contributed by atoms with Gasteiger partial charge in [-0.3, -0.25) is 4.79 Å². The van der Waals surface area contributed by atoms with Crippen LogP contribution in [-0.2, 0) is 6.54 Å². The third-order valence-corrected chi connectivity index (χ3v) is 7.37. The molecule has 0 bridgehead atoms. The summed E-state index contributed by atoms with van der Waals surface area (Å²) < 4.78 is 26.6. The Morgan fingerprint density at radius 1 is 1.08 bits per heavy atom. The Morgan fingerprint density at radius 2 is 1.97 bits per heavy atom. The van der Waals surface area contributed by atoms with E-state index in [1.165, 1.54) is 12.4 Å². The normalized spacial score (nSPS) is 15.1. The van der Waals surface area contributed by atoms with E-state index in [4.69, 9.17) is 11.6 Å². The lowest BCUT2D eigenvalue weighted by molar-refractivity contribution is 0.0951. The van der Waals surface area contributed by atoms with Crippen molar-refractivity contribution < 1.29 is 13.6 Å². The van der Waals surface area contributed by atoms with Gasteiger partial charge in [0.25, 0.3) is 5.91 Å². The first-order valence-corrected chi connectivity index (χ1v) is 12.4. The van der Waals surface area contributed by atoms with Gasteiger partial charge in [0.05, 0.1) is 11.1 Å². The highest BCUT2D eigenvalue weighted by atomic mass is 35.5. The smallest absolute Gasteiger partial charge is 0.255 e. The lowest BCUT2D eigenvalue weighted by atomic mass is 10.1. The highest BCUT2D eigenvalue weighted by Gasteiger charge is 2.21. The van der Waals surface area contributed by atoms with E-state index in [0.29, 0.717) is 28.6 Å². The second-order valence-electron chi connectivity index (χ2n) is 8.15. The van der Waals surface area contributed by atoms with Crippen LogP contribution in [0.4, 0.5) is 14.6 Å². The van der Waals surface area contributed by atoms with Gasteiger partial charge in [0.15, 0.2) is 11.6 Å². The molecule has 0 saturated carbocycles. The molecule has 36 heavy (non-hydrogen) atoms. The van der Waals surface area contributed by atoms with Crippen LogP contribution >= 0.6 is 23.4 Å². The number of nitrogens with zero attached hydrogens (tertiary/aromatic N) is 3. The van der Waals surface area contributed by atoms with Crippen molar-refractivity contribution in [3.05, 3.63) is 101 Å². The number of allylic oxidation sites excluding steroid dienone is 1. The molecular weight excluding hydrogens is 504 g/mol. The van der Waals surface area contributed by atoms with Crippen LogP contribution in [0.2, 0.25) is 5.15 Å². The molecule has 4 aromatic rings. The molecule has 10 heteroatoms. The van der Waals surface area contributed by atoms with Gasteiger partial charge in [0.2, 0.25) is 0 Å². The van der Waals surface area contributed by atoms with E-state index in [0.717, 1.165) is 39.9 Å². The number of halogens is 3. The number of rotatable bonds is 7. The summed E-state index contributed by atoms with van der Waals surface area (Å²) >= 11 is 7.98. The molecule has 1 amide bonds. The number of benzene rings is 2. The van der Waals surface area contributed by atoms with Crippen LogP contribution in [0, 0.1) is 11.6 Å².